The maximum absolute atomic E-state index is 7.55. The summed E-state index contributed by atoms with van der Waals surface area (Å²) in [5.41, 5.74) is 0.836. The van der Waals surface area contributed by atoms with Crippen LogP contribution >= 0.6 is 0 Å². The summed E-state index contributed by atoms with van der Waals surface area (Å²) < 4.78 is 19.6. The van der Waals surface area contributed by atoms with Crippen molar-refractivity contribution in [2.45, 2.75) is 36.3 Å². The van der Waals surface area contributed by atoms with Crippen molar-refractivity contribution in [2.24, 2.45) is 0 Å². The van der Waals surface area contributed by atoms with Crippen LogP contribution in [0.15, 0.2) is 110 Å². The van der Waals surface area contributed by atoms with Crippen LogP contribution in [0.2, 0.25) is 0 Å². The molecule has 0 aromatic heterocycles. The first-order valence-electron chi connectivity index (χ1n) is 12.3. The molecular formula is C32H30O3. The second-order valence-electron chi connectivity index (χ2n) is 9.56. The number of benzene rings is 4. The normalized spacial score (nSPS) is 22.3. The van der Waals surface area contributed by atoms with Crippen LogP contribution in [-0.4, -0.2) is 25.4 Å². The summed E-state index contributed by atoms with van der Waals surface area (Å²) in [6, 6.07) is 29.9. The number of rotatable bonds is 10. The van der Waals surface area contributed by atoms with Crippen LogP contribution < -0.4 is 0 Å². The molecule has 0 bridgehead atoms. The van der Waals surface area contributed by atoms with Crippen molar-refractivity contribution in [3.63, 3.8) is 0 Å². The van der Waals surface area contributed by atoms with E-state index in [2.05, 4.69) is 98.1 Å². The van der Waals surface area contributed by atoms with Gasteiger partial charge in [0.05, 0.1) is 13.2 Å². The lowest BCUT2D eigenvalue weighted by Gasteiger charge is -2.44. The van der Waals surface area contributed by atoms with Gasteiger partial charge in [0.1, 0.15) is 23.4 Å². The van der Waals surface area contributed by atoms with Crippen molar-refractivity contribution in [1.82, 2.24) is 0 Å². The Morgan fingerprint density at radius 3 is 1.46 bits per heavy atom. The zero-order valence-electron chi connectivity index (χ0n) is 19.9. The van der Waals surface area contributed by atoms with Gasteiger partial charge in [0.25, 0.3) is 0 Å². The minimum atomic E-state index is -0.714. The van der Waals surface area contributed by atoms with Crippen LogP contribution in [0.25, 0.3) is 21.5 Å². The summed E-state index contributed by atoms with van der Waals surface area (Å²) in [7, 11) is 0. The van der Waals surface area contributed by atoms with Gasteiger partial charge in [0.2, 0.25) is 0 Å². The lowest BCUT2D eigenvalue weighted by atomic mass is 9.79. The molecule has 0 spiro atoms. The molecule has 2 aliphatic rings. The van der Waals surface area contributed by atoms with Crippen molar-refractivity contribution in [3.8, 4) is 0 Å². The predicted octanol–water partition coefficient (Wildman–Crippen LogP) is 7.05. The Balaban J connectivity index is 1.61. The summed E-state index contributed by atoms with van der Waals surface area (Å²) >= 11 is 0. The smallest absolute Gasteiger partial charge is 0.127 e. The Labute approximate surface area is 206 Å². The fourth-order valence-electron chi connectivity index (χ4n) is 5.73. The number of fused-ring (bicyclic) bond motifs is 2. The molecule has 2 fully saturated rings. The van der Waals surface area contributed by atoms with Crippen LogP contribution in [0.4, 0.5) is 0 Å². The molecule has 6 rings (SSSR count). The first-order valence-corrected chi connectivity index (χ1v) is 12.3. The van der Waals surface area contributed by atoms with Crippen LogP contribution in [-0.2, 0) is 25.4 Å². The van der Waals surface area contributed by atoms with Gasteiger partial charge in [0, 0.05) is 12.8 Å². The predicted molar refractivity (Wildman–Crippen MR) is 141 cm³/mol. The van der Waals surface area contributed by atoms with E-state index in [-0.39, 0.29) is 12.2 Å². The SMILES string of the molecule is C=CCC(OC(CC=C)(c1cccc2ccccc12)C1CO1)(c1cccc2ccccc12)C1CO1. The summed E-state index contributed by atoms with van der Waals surface area (Å²) in [6.45, 7) is 9.58. The first kappa shape index (κ1) is 22.2. The summed E-state index contributed by atoms with van der Waals surface area (Å²) in [5.74, 6) is 0. The minimum Gasteiger partial charge on any atom is -0.370 e. The third kappa shape index (κ3) is 3.71. The molecule has 0 aliphatic carbocycles. The lowest BCUT2D eigenvalue weighted by Crippen LogP contribution is -2.47. The second kappa shape index (κ2) is 8.76. The van der Waals surface area contributed by atoms with Crippen molar-refractivity contribution in [1.29, 1.82) is 0 Å². The van der Waals surface area contributed by atoms with E-state index in [0.717, 1.165) is 11.1 Å². The molecule has 2 heterocycles. The highest BCUT2D eigenvalue weighted by molar-refractivity contribution is 5.88. The van der Waals surface area contributed by atoms with Gasteiger partial charge < -0.3 is 14.2 Å². The molecule has 2 aliphatic heterocycles. The zero-order valence-corrected chi connectivity index (χ0v) is 19.9. The molecule has 3 nitrogen and oxygen atoms in total. The number of hydrogen-bond acceptors (Lipinski definition) is 3. The van der Waals surface area contributed by atoms with Gasteiger partial charge in [-0.3, -0.25) is 0 Å². The van der Waals surface area contributed by atoms with Crippen molar-refractivity contribution >= 4 is 21.5 Å². The zero-order chi connectivity index (χ0) is 23.9. The quantitative estimate of drug-likeness (QED) is 0.187. The lowest BCUT2D eigenvalue weighted by molar-refractivity contribution is -0.185. The Morgan fingerprint density at radius 2 is 1.06 bits per heavy atom. The standard InChI is InChI=1S/C32H30O3/c1-3-19-31(29-21-33-29,27-17-9-13-23-11-5-7-15-25(23)27)35-32(20-4-2,30-22-34-30)28-18-10-14-24-12-6-8-16-26(24)28/h3-18,29-30H,1-2,19-22H2. The van der Waals surface area contributed by atoms with Gasteiger partial charge in [-0.1, -0.05) is 97.1 Å². The van der Waals surface area contributed by atoms with Gasteiger partial charge in [-0.15, -0.1) is 13.2 Å². The van der Waals surface area contributed by atoms with E-state index in [0.29, 0.717) is 26.1 Å². The van der Waals surface area contributed by atoms with E-state index in [1.165, 1.54) is 21.5 Å². The summed E-state index contributed by atoms with van der Waals surface area (Å²) in [4.78, 5) is 0. The van der Waals surface area contributed by atoms with E-state index in [4.69, 9.17) is 14.2 Å². The van der Waals surface area contributed by atoms with Crippen LogP contribution in [0.5, 0.6) is 0 Å². The Morgan fingerprint density at radius 1 is 0.657 bits per heavy atom. The van der Waals surface area contributed by atoms with E-state index in [1.54, 1.807) is 0 Å². The van der Waals surface area contributed by atoms with Crippen LogP contribution in [0, 0.1) is 0 Å². The van der Waals surface area contributed by atoms with Gasteiger partial charge in [-0.05, 0) is 32.7 Å². The topological polar surface area (TPSA) is 34.3 Å². The summed E-state index contributed by atoms with van der Waals surface area (Å²) in [6.07, 6.45) is 5.04. The number of epoxide rings is 2. The van der Waals surface area contributed by atoms with Gasteiger partial charge in [-0.2, -0.15) is 0 Å². The number of hydrogen-bond donors (Lipinski definition) is 0. The Hall–Kier alpha value is -3.24. The van der Waals surface area contributed by atoms with E-state index < -0.39 is 11.2 Å². The highest BCUT2D eigenvalue weighted by Crippen LogP contribution is 2.53. The molecule has 0 saturated carbocycles. The Bertz CT molecular complexity index is 1280. The molecule has 2 saturated heterocycles. The van der Waals surface area contributed by atoms with Crippen molar-refractivity contribution in [3.05, 3.63) is 121 Å². The third-order valence-corrected chi connectivity index (χ3v) is 7.46. The maximum Gasteiger partial charge on any atom is 0.127 e. The van der Waals surface area contributed by atoms with E-state index in [1.807, 2.05) is 12.2 Å². The second-order valence-corrected chi connectivity index (χ2v) is 9.56. The molecule has 4 atom stereocenters. The fraction of sp³-hybridized carbons (Fsp3) is 0.250. The van der Waals surface area contributed by atoms with E-state index in [9.17, 15) is 0 Å². The molecule has 4 unspecified atom stereocenters. The average molecular weight is 463 g/mol. The highest BCUT2D eigenvalue weighted by Gasteiger charge is 2.58. The van der Waals surface area contributed by atoms with E-state index >= 15 is 0 Å². The molecule has 3 heteroatoms. The molecule has 176 valence electrons. The Kier molecular flexibility index (Phi) is 5.57. The monoisotopic (exact) mass is 462 g/mol. The van der Waals surface area contributed by atoms with Gasteiger partial charge >= 0.3 is 0 Å². The van der Waals surface area contributed by atoms with Gasteiger partial charge in [-0.25, -0.2) is 0 Å². The number of ether oxygens (including phenoxy) is 3. The first-order chi connectivity index (χ1) is 17.2. The van der Waals surface area contributed by atoms with Crippen LogP contribution in [0.3, 0.4) is 0 Å². The molecule has 0 N–H and O–H groups in total. The van der Waals surface area contributed by atoms with Crippen LogP contribution in [0.1, 0.15) is 24.0 Å². The average Bonchev–Trinajstić information content (AvgIpc) is 3.80. The molecule has 4 aromatic carbocycles. The van der Waals surface area contributed by atoms with Crippen molar-refractivity contribution in [2.75, 3.05) is 13.2 Å². The third-order valence-electron chi connectivity index (χ3n) is 7.46. The largest absolute Gasteiger partial charge is 0.370 e. The minimum absolute atomic E-state index is 0.0655. The molecule has 0 radical (unpaired) electrons. The molecule has 0 amide bonds. The maximum atomic E-state index is 7.55. The molecular weight excluding hydrogens is 432 g/mol. The molecule has 35 heavy (non-hydrogen) atoms. The molecule has 4 aromatic rings. The highest BCUT2D eigenvalue weighted by atomic mass is 16.6. The van der Waals surface area contributed by atoms with Gasteiger partial charge in [0.15, 0.2) is 0 Å². The summed E-state index contributed by atoms with van der Waals surface area (Å²) in [5, 5.41) is 4.72. The van der Waals surface area contributed by atoms with Crippen molar-refractivity contribution < 1.29 is 14.2 Å². The fourth-order valence-corrected chi connectivity index (χ4v) is 5.73.